The first kappa shape index (κ1) is 19.0. The van der Waals surface area contributed by atoms with E-state index in [0.29, 0.717) is 18.3 Å². The third-order valence-corrected chi connectivity index (χ3v) is 4.55. The lowest BCUT2D eigenvalue weighted by molar-refractivity contribution is 0.0577. The number of aliphatic hydroxyl groups is 1. The predicted molar refractivity (Wildman–Crippen MR) is 107 cm³/mol. The van der Waals surface area contributed by atoms with Gasteiger partial charge < -0.3 is 20.3 Å². The summed E-state index contributed by atoms with van der Waals surface area (Å²) in [5.41, 5.74) is 1.65. The van der Waals surface area contributed by atoms with Crippen LogP contribution in [-0.4, -0.2) is 41.3 Å². The minimum atomic E-state index is -0.888. The fourth-order valence-electron chi connectivity index (χ4n) is 2.99. The molecule has 0 aromatic carbocycles. The molecule has 0 fully saturated rings. The molecule has 3 heterocycles. The Balaban J connectivity index is 1.94. The van der Waals surface area contributed by atoms with E-state index in [4.69, 9.17) is 0 Å². The van der Waals surface area contributed by atoms with Gasteiger partial charge >= 0.3 is 0 Å². The Bertz CT molecular complexity index is 886. The second-order valence-electron chi connectivity index (χ2n) is 7.07. The Morgan fingerprint density at radius 2 is 2.07 bits per heavy atom. The summed E-state index contributed by atoms with van der Waals surface area (Å²) in [6.07, 6.45) is 6.08. The number of anilines is 2. The lowest BCUT2D eigenvalue weighted by atomic mass is 9.97. The van der Waals surface area contributed by atoms with E-state index in [1.54, 1.807) is 26.4 Å². The van der Waals surface area contributed by atoms with Crippen LogP contribution in [-0.2, 0) is 13.1 Å². The van der Waals surface area contributed by atoms with Crippen molar-refractivity contribution >= 4 is 22.9 Å². The van der Waals surface area contributed by atoms with Gasteiger partial charge in [-0.1, -0.05) is 13.0 Å². The van der Waals surface area contributed by atoms with E-state index in [9.17, 15) is 5.11 Å². The van der Waals surface area contributed by atoms with Crippen LogP contribution in [0.3, 0.4) is 0 Å². The van der Waals surface area contributed by atoms with E-state index < -0.39 is 5.60 Å². The van der Waals surface area contributed by atoms with Gasteiger partial charge in [0.25, 0.3) is 0 Å². The summed E-state index contributed by atoms with van der Waals surface area (Å²) in [7, 11) is 0. The second kappa shape index (κ2) is 7.87. The number of aryl methyl sites for hydroxylation is 1. The summed E-state index contributed by atoms with van der Waals surface area (Å²) in [5.74, 6) is 1.13. The minimum absolute atomic E-state index is 0.167. The van der Waals surface area contributed by atoms with E-state index in [2.05, 4.69) is 30.6 Å². The van der Waals surface area contributed by atoms with Crippen molar-refractivity contribution in [2.45, 2.75) is 58.8 Å². The Labute approximate surface area is 159 Å². The highest BCUT2D eigenvalue weighted by atomic mass is 16.3. The summed E-state index contributed by atoms with van der Waals surface area (Å²) in [6.45, 7) is 8.98. The van der Waals surface area contributed by atoms with Crippen LogP contribution in [0.1, 0.15) is 39.7 Å². The number of hydrogen-bond acceptors (Lipinski definition) is 7. The van der Waals surface area contributed by atoms with Crippen molar-refractivity contribution in [2.75, 3.05) is 10.6 Å². The molecule has 0 aliphatic heterocycles. The highest BCUT2D eigenvalue weighted by Gasteiger charge is 2.26. The molecular formula is C19H27N7O. The lowest BCUT2D eigenvalue weighted by Gasteiger charge is -2.29. The Kier molecular flexibility index (Phi) is 5.55. The molecule has 0 saturated heterocycles. The molecule has 3 aromatic rings. The monoisotopic (exact) mass is 369 g/mol. The number of imidazole rings is 1. The molecule has 0 radical (unpaired) electrons. The van der Waals surface area contributed by atoms with Gasteiger partial charge in [0.2, 0.25) is 5.95 Å². The number of rotatable bonds is 8. The first-order chi connectivity index (χ1) is 12.9. The summed E-state index contributed by atoms with van der Waals surface area (Å²) < 4.78 is 1.97. The van der Waals surface area contributed by atoms with Gasteiger partial charge in [0.1, 0.15) is 0 Å². The van der Waals surface area contributed by atoms with Gasteiger partial charge in [-0.2, -0.15) is 9.97 Å². The molecule has 3 N–H and O–H groups in total. The van der Waals surface area contributed by atoms with Crippen molar-refractivity contribution in [2.24, 2.45) is 0 Å². The van der Waals surface area contributed by atoms with Gasteiger partial charge in [-0.3, -0.25) is 4.98 Å². The molecule has 0 amide bonds. The Morgan fingerprint density at radius 3 is 2.70 bits per heavy atom. The van der Waals surface area contributed by atoms with Gasteiger partial charge in [0.15, 0.2) is 17.0 Å². The predicted octanol–water partition coefficient (Wildman–Crippen LogP) is 2.81. The molecule has 0 bridgehead atoms. The van der Waals surface area contributed by atoms with Crippen LogP contribution >= 0.6 is 0 Å². The molecular weight excluding hydrogens is 342 g/mol. The van der Waals surface area contributed by atoms with Crippen LogP contribution in [0.4, 0.5) is 11.8 Å². The van der Waals surface area contributed by atoms with Crippen molar-refractivity contribution in [3.63, 3.8) is 0 Å². The zero-order valence-electron chi connectivity index (χ0n) is 16.3. The molecule has 8 heteroatoms. The largest absolute Gasteiger partial charge is 0.388 e. The molecule has 3 aromatic heterocycles. The smallest absolute Gasteiger partial charge is 0.227 e. The number of pyridine rings is 1. The Morgan fingerprint density at radius 1 is 1.26 bits per heavy atom. The second-order valence-corrected chi connectivity index (χ2v) is 7.07. The van der Waals surface area contributed by atoms with E-state index in [1.165, 1.54) is 0 Å². The lowest BCUT2D eigenvalue weighted by Crippen LogP contribution is -2.41. The molecule has 3 rings (SSSR count). The van der Waals surface area contributed by atoms with Crippen molar-refractivity contribution in [1.82, 2.24) is 24.5 Å². The Hall–Kier alpha value is -2.74. The molecule has 27 heavy (non-hydrogen) atoms. The van der Waals surface area contributed by atoms with Gasteiger partial charge in [0, 0.05) is 25.5 Å². The summed E-state index contributed by atoms with van der Waals surface area (Å²) in [6, 6.07) is 3.74. The minimum Gasteiger partial charge on any atom is -0.388 e. The fourth-order valence-corrected chi connectivity index (χ4v) is 2.99. The molecule has 1 unspecified atom stereocenters. The van der Waals surface area contributed by atoms with Crippen LogP contribution in [0.2, 0.25) is 0 Å². The van der Waals surface area contributed by atoms with Crippen molar-refractivity contribution in [3.05, 3.63) is 36.4 Å². The van der Waals surface area contributed by atoms with Gasteiger partial charge in [-0.15, -0.1) is 0 Å². The normalized spacial score (nSPS) is 12.9. The van der Waals surface area contributed by atoms with Gasteiger partial charge in [0.05, 0.1) is 18.0 Å². The van der Waals surface area contributed by atoms with Crippen molar-refractivity contribution in [3.8, 4) is 0 Å². The molecule has 0 saturated carbocycles. The molecule has 0 aliphatic rings. The highest BCUT2D eigenvalue weighted by molar-refractivity contribution is 5.84. The molecule has 0 aliphatic carbocycles. The summed E-state index contributed by atoms with van der Waals surface area (Å²) >= 11 is 0. The number of fused-ring (bicyclic) bond motifs is 1. The molecule has 8 nitrogen and oxygen atoms in total. The first-order valence-electron chi connectivity index (χ1n) is 9.27. The number of nitrogens with one attached hydrogen (secondary N) is 2. The average molecular weight is 369 g/mol. The van der Waals surface area contributed by atoms with E-state index in [0.717, 1.165) is 29.7 Å². The maximum absolute atomic E-state index is 10.4. The SMILES string of the molecule is CCC(Nc1nc(NCc2cccnc2)c2ncn(CC)c2n1)C(C)(C)O. The standard InChI is InChI=1S/C19H27N7O/c1-5-14(19(3,4)27)23-18-24-16(21-11-13-8-7-9-20-10-13)15-17(25-18)26(6-2)12-22-15/h7-10,12,14,27H,5-6,11H2,1-4H3,(H2,21,23,24,25). The summed E-state index contributed by atoms with van der Waals surface area (Å²) in [5, 5.41) is 17.0. The maximum Gasteiger partial charge on any atom is 0.227 e. The average Bonchev–Trinajstić information content (AvgIpc) is 3.07. The highest BCUT2D eigenvalue weighted by Crippen LogP contribution is 2.23. The van der Waals surface area contributed by atoms with Crippen molar-refractivity contribution < 1.29 is 5.11 Å². The topological polar surface area (TPSA) is 101 Å². The maximum atomic E-state index is 10.4. The van der Waals surface area contributed by atoms with Crippen molar-refractivity contribution in [1.29, 1.82) is 0 Å². The number of hydrogen-bond donors (Lipinski definition) is 3. The fraction of sp³-hybridized carbons (Fsp3) is 0.474. The number of aromatic nitrogens is 5. The van der Waals surface area contributed by atoms with Gasteiger partial charge in [-0.25, -0.2) is 4.98 Å². The molecule has 144 valence electrons. The van der Waals surface area contributed by atoms with Crippen LogP contribution in [0.5, 0.6) is 0 Å². The summed E-state index contributed by atoms with van der Waals surface area (Å²) in [4.78, 5) is 17.9. The third kappa shape index (κ3) is 4.33. The first-order valence-corrected chi connectivity index (χ1v) is 9.27. The van der Waals surface area contributed by atoms with Crippen LogP contribution < -0.4 is 10.6 Å². The quantitative estimate of drug-likeness (QED) is 0.561. The van der Waals surface area contributed by atoms with Gasteiger partial charge in [-0.05, 0) is 38.8 Å². The number of nitrogens with zero attached hydrogens (tertiary/aromatic N) is 5. The van der Waals surface area contributed by atoms with Crippen LogP contribution in [0.15, 0.2) is 30.9 Å². The molecule has 0 spiro atoms. The van der Waals surface area contributed by atoms with E-state index in [-0.39, 0.29) is 6.04 Å². The molecule has 1 atom stereocenters. The van der Waals surface area contributed by atoms with Crippen LogP contribution in [0, 0.1) is 0 Å². The van der Waals surface area contributed by atoms with Crippen LogP contribution in [0.25, 0.3) is 11.2 Å². The van der Waals surface area contributed by atoms with E-state index >= 15 is 0 Å². The zero-order chi connectivity index (χ0) is 19.4. The van der Waals surface area contributed by atoms with E-state index in [1.807, 2.05) is 36.7 Å². The third-order valence-electron chi connectivity index (χ3n) is 4.55. The zero-order valence-corrected chi connectivity index (χ0v) is 16.3.